The van der Waals surface area contributed by atoms with Crippen molar-refractivity contribution < 1.29 is 27.0 Å². The topological polar surface area (TPSA) is 73.9 Å². The van der Waals surface area contributed by atoms with E-state index in [1.807, 2.05) is 24.3 Å². The zero-order valence-electron chi connectivity index (χ0n) is 15.9. The second kappa shape index (κ2) is 8.46. The molecule has 2 aromatic rings. The molecule has 2 aromatic carbocycles. The fraction of sp³-hybridized carbons (Fsp3) is 0.400. The van der Waals surface area contributed by atoms with Crippen LogP contribution in [0.15, 0.2) is 47.4 Å². The highest BCUT2D eigenvalue weighted by Gasteiger charge is 2.38. The van der Waals surface area contributed by atoms with Gasteiger partial charge in [-0.3, -0.25) is 0 Å². The van der Waals surface area contributed by atoms with Crippen LogP contribution in [0.5, 0.6) is 11.5 Å². The third-order valence-corrected chi connectivity index (χ3v) is 6.57. The Hall–Kier alpha value is -2.16. The Kier molecular flexibility index (Phi) is 6.22. The van der Waals surface area contributed by atoms with Gasteiger partial charge in [0.25, 0.3) is 0 Å². The van der Waals surface area contributed by atoms with Gasteiger partial charge in [0.1, 0.15) is 22.2 Å². The lowest BCUT2D eigenvalue weighted by Crippen LogP contribution is -2.44. The number of nitrogens with one attached hydrogen (secondary N) is 1. The molecule has 0 amide bonds. The maximum Gasteiger partial charge on any atom is 0.244 e. The summed E-state index contributed by atoms with van der Waals surface area (Å²) < 4.78 is 58.3. The molecule has 3 rings (SSSR count). The van der Waals surface area contributed by atoms with Crippen molar-refractivity contribution in [1.82, 2.24) is 4.72 Å². The van der Waals surface area contributed by atoms with Gasteiger partial charge in [-0.1, -0.05) is 18.2 Å². The van der Waals surface area contributed by atoms with Crippen molar-refractivity contribution in [2.45, 2.75) is 23.2 Å². The number of halogens is 1. The molecular weight excluding hydrogens is 385 g/mol. The van der Waals surface area contributed by atoms with Crippen LogP contribution < -0.4 is 14.2 Å². The number of methoxy groups -OCH3 is 2. The van der Waals surface area contributed by atoms with Crippen LogP contribution in [0.4, 0.5) is 4.39 Å². The molecule has 1 saturated heterocycles. The first-order valence-corrected chi connectivity index (χ1v) is 10.4. The normalized spacial score (nSPS) is 16.5. The number of benzene rings is 2. The van der Waals surface area contributed by atoms with Crippen molar-refractivity contribution in [3.8, 4) is 11.5 Å². The molecule has 0 aliphatic carbocycles. The highest BCUT2D eigenvalue weighted by atomic mass is 32.2. The molecule has 0 bridgehead atoms. The van der Waals surface area contributed by atoms with E-state index in [0.29, 0.717) is 31.8 Å². The molecule has 0 aromatic heterocycles. The summed E-state index contributed by atoms with van der Waals surface area (Å²) in [7, 11) is -1.05. The predicted molar refractivity (Wildman–Crippen MR) is 103 cm³/mol. The van der Waals surface area contributed by atoms with E-state index in [1.54, 1.807) is 7.11 Å². The van der Waals surface area contributed by atoms with E-state index in [4.69, 9.17) is 14.2 Å². The molecule has 1 heterocycles. The molecular formula is C20H24FNO5S. The molecule has 0 saturated carbocycles. The number of hydrogen-bond donors (Lipinski definition) is 1. The van der Waals surface area contributed by atoms with Gasteiger partial charge in [0, 0.05) is 30.7 Å². The van der Waals surface area contributed by atoms with Crippen LogP contribution in [-0.2, 0) is 20.2 Å². The van der Waals surface area contributed by atoms with Crippen molar-refractivity contribution in [3.05, 3.63) is 53.8 Å². The molecule has 1 fully saturated rings. The Bertz CT molecular complexity index is 926. The fourth-order valence-corrected chi connectivity index (χ4v) is 4.86. The van der Waals surface area contributed by atoms with Gasteiger partial charge < -0.3 is 14.2 Å². The van der Waals surface area contributed by atoms with E-state index < -0.39 is 21.3 Å². The van der Waals surface area contributed by atoms with Gasteiger partial charge in [-0.15, -0.1) is 0 Å². The average Bonchev–Trinajstić information content (AvgIpc) is 2.73. The standard InChI is InChI=1S/C20H24FNO5S/c1-25-17-6-4-3-5-16(17)20(9-11-27-12-10-20)14-22-28(23,24)19-13-15(21)7-8-18(19)26-2/h3-8,13,22H,9-12,14H2,1-2H3. The summed E-state index contributed by atoms with van der Waals surface area (Å²) in [5.74, 6) is 0.144. The lowest BCUT2D eigenvalue weighted by Gasteiger charge is -2.38. The molecule has 0 spiro atoms. The SMILES string of the molecule is COc1ccccc1C1(CNS(=O)(=O)c2cc(F)ccc2OC)CCOCC1. The fourth-order valence-electron chi connectivity index (χ4n) is 3.56. The minimum Gasteiger partial charge on any atom is -0.496 e. The van der Waals surface area contributed by atoms with Crippen LogP contribution >= 0.6 is 0 Å². The van der Waals surface area contributed by atoms with Crippen molar-refractivity contribution >= 4 is 10.0 Å². The summed E-state index contributed by atoms with van der Waals surface area (Å²) >= 11 is 0. The Balaban J connectivity index is 1.94. The summed E-state index contributed by atoms with van der Waals surface area (Å²) in [4.78, 5) is -0.225. The van der Waals surface area contributed by atoms with Crippen LogP contribution in [0.1, 0.15) is 18.4 Å². The molecule has 28 heavy (non-hydrogen) atoms. The molecule has 0 unspecified atom stereocenters. The lowest BCUT2D eigenvalue weighted by atomic mass is 9.74. The smallest absolute Gasteiger partial charge is 0.244 e. The highest BCUT2D eigenvalue weighted by molar-refractivity contribution is 7.89. The molecule has 6 nitrogen and oxygen atoms in total. The molecule has 152 valence electrons. The first-order valence-electron chi connectivity index (χ1n) is 8.96. The maximum absolute atomic E-state index is 13.7. The molecule has 1 N–H and O–H groups in total. The quantitative estimate of drug-likeness (QED) is 0.761. The largest absolute Gasteiger partial charge is 0.496 e. The van der Waals surface area contributed by atoms with Crippen LogP contribution in [0, 0.1) is 5.82 Å². The highest BCUT2D eigenvalue weighted by Crippen LogP contribution is 2.39. The van der Waals surface area contributed by atoms with E-state index in [9.17, 15) is 12.8 Å². The second-order valence-electron chi connectivity index (χ2n) is 6.71. The van der Waals surface area contributed by atoms with Gasteiger partial charge in [-0.2, -0.15) is 0 Å². The van der Waals surface area contributed by atoms with Crippen LogP contribution in [0.2, 0.25) is 0 Å². The number of ether oxygens (including phenoxy) is 3. The van der Waals surface area contributed by atoms with E-state index in [0.717, 1.165) is 17.7 Å². The summed E-state index contributed by atoms with van der Waals surface area (Å²) in [5.41, 5.74) is 0.438. The van der Waals surface area contributed by atoms with Gasteiger partial charge in [-0.25, -0.2) is 17.5 Å². The summed E-state index contributed by atoms with van der Waals surface area (Å²) in [6.45, 7) is 1.17. The summed E-state index contributed by atoms with van der Waals surface area (Å²) in [6, 6.07) is 11.0. The van der Waals surface area contributed by atoms with Crippen LogP contribution in [0.25, 0.3) is 0 Å². The first-order chi connectivity index (χ1) is 13.4. The van der Waals surface area contributed by atoms with Crippen LogP contribution in [0.3, 0.4) is 0 Å². The average molecular weight is 409 g/mol. The Morgan fingerprint density at radius 1 is 1.07 bits per heavy atom. The number of rotatable bonds is 7. The molecule has 1 aliphatic rings. The van der Waals surface area contributed by atoms with Crippen molar-refractivity contribution in [1.29, 1.82) is 0 Å². The Labute approximate surface area is 164 Å². The molecule has 8 heteroatoms. The monoisotopic (exact) mass is 409 g/mol. The minimum absolute atomic E-state index is 0.0900. The van der Waals surface area contributed by atoms with Gasteiger partial charge in [0.15, 0.2) is 0 Å². The zero-order chi connectivity index (χ0) is 20.2. The van der Waals surface area contributed by atoms with Gasteiger partial charge in [0.2, 0.25) is 10.0 Å². The number of para-hydroxylation sites is 1. The third kappa shape index (κ3) is 4.14. The van der Waals surface area contributed by atoms with E-state index in [1.165, 1.54) is 13.2 Å². The third-order valence-electron chi connectivity index (χ3n) is 5.14. The zero-order valence-corrected chi connectivity index (χ0v) is 16.7. The number of hydrogen-bond acceptors (Lipinski definition) is 5. The number of sulfonamides is 1. The summed E-state index contributed by atoms with van der Waals surface area (Å²) in [6.07, 6.45) is 1.27. The minimum atomic E-state index is -3.99. The van der Waals surface area contributed by atoms with Gasteiger partial charge in [0.05, 0.1) is 14.2 Å². The summed E-state index contributed by atoms with van der Waals surface area (Å²) in [5, 5.41) is 0. The molecule has 1 aliphatic heterocycles. The van der Waals surface area contributed by atoms with Crippen LogP contribution in [-0.4, -0.2) is 42.4 Å². The second-order valence-corrected chi connectivity index (χ2v) is 8.45. The van der Waals surface area contributed by atoms with E-state index >= 15 is 0 Å². The predicted octanol–water partition coefficient (Wildman–Crippen LogP) is 2.87. The Morgan fingerprint density at radius 2 is 1.75 bits per heavy atom. The van der Waals surface area contributed by atoms with Crippen molar-refractivity contribution in [3.63, 3.8) is 0 Å². The lowest BCUT2D eigenvalue weighted by molar-refractivity contribution is 0.0509. The van der Waals surface area contributed by atoms with Crippen molar-refractivity contribution in [2.24, 2.45) is 0 Å². The molecule has 0 radical (unpaired) electrons. The van der Waals surface area contributed by atoms with E-state index in [2.05, 4.69) is 4.72 Å². The van der Waals surface area contributed by atoms with E-state index in [-0.39, 0.29) is 17.2 Å². The van der Waals surface area contributed by atoms with Gasteiger partial charge >= 0.3 is 0 Å². The molecule has 0 atom stereocenters. The van der Waals surface area contributed by atoms with Crippen molar-refractivity contribution in [2.75, 3.05) is 34.0 Å². The van der Waals surface area contributed by atoms with Gasteiger partial charge in [-0.05, 0) is 37.1 Å². The maximum atomic E-state index is 13.7. The first kappa shape index (κ1) is 20.6. The Morgan fingerprint density at radius 3 is 2.43 bits per heavy atom.